The zero-order valence-electron chi connectivity index (χ0n) is 14.2. The number of aryl methyl sites for hydroxylation is 2. The molecule has 1 amide bonds. The van der Waals surface area contributed by atoms with Crippen LogP contribution in [0.15, 0.2) is 36.5 Å². The minimum absolute atomic E-state index is 0.0593. The number of nitrogens with zero attached hydrogens (tertiary/aromatic N) is 3. The Morgan fingerprint density at radius 3 is 2.69 bits per heavy atom. The highest BCUT2D eigenvalue weighted by Gasteiger charge is 2.12. The third-order valence-electron chi connectivity index (χ3n) is 3.75. The lowest BCUT2D eigenvalue weighted by atomic mass is 10.1. The van der Waals surface area contributed by atoms with Crippen molar-refractivity contribution in [1.82, 2.24) is 25.3 Å². The highest BCUT2D eigenvalue weighted by Crippen LogP contribution is 2.22. The summed E-state index contributed by atoms with van der Waals surface area (Å²) in [5.74, 6) is -0.242. The zero-order valence-corrected chi connectivity index (χ0v) is 14.2. The molecule has 0 saturated heterocycles. The van der Waals surface area contributed by atoms with Gasteiger partial charge in [0.15, 0.2) is 0 Å². The molecule has 26 heavy (non-hydrogen) atoms. The number of aromatic nitrogens is 4. The number of benzene rings is 1. The number of alkyl halides is 2. The topological polar surface area (TPSA) is 84.8 Å². The Bertz CT molecular complexity index is 902. The van der Waals surface area contributed by atoms with E-state index in [0.29, 0.717) is 23.5 Å². The molecule has 3 aromatic rings. The smallest absolute Gasteiger partial charge is 0.387 e. The number of hydrogen-bond acceptors (Lipinski definition) is 4. The van der Waals surface area contributed by atoms with Gasteiger partial charge in [-0.3, -0.25) is 14.6 Å². The van der Waals surface area contributed by atoms with Gasteiger partial charge >= 0.3 is 6.61 Å². The van der Waals surface area contributed by atoms with Crippen molar-refractivity contribution < 1.29 is 18.3 Å². The monoisotopic (exact) mass is 361 g/mol. The number of halogens is 2. The number of carbonyl (C=O) groups excluding carboxylic acids is 1. The van der Waals surface area contributed by atoms with E-state index in [1.807, 2.05) is 20.2 Å². The van der Waals surface area contributed by atoms with Crippen molar-refractivity contribution in [3.8, 4) is 17.0 Å². The molecule has 0 radical (unpaired) electrons. The van der Waals surface area contributed by atoms with Crippen molar-refractivity contribution in [2.45, 2.75) is 20.1 Å². The van der Waals surface area contributed by atoms with E-state index in [9.17, 15) is 13.6 Å². The molecule has 3 rings (SSSR count). The second-order valence-corrected chi connectivity index (χ2v) is 5.67. The molecule has 2 N–H and O–H groups in total. The highest BCUT2D eigenvalue weighted by atomic mass is 19.3. The van der Waals surface area contributed by atoms with Crippen LogP contribution in [0.5, 0.6) is 5.75 Å². The van der Waals surface area contributed by atoms with Crippen LogP contribution >= 0.6 is 0 Å². The number of rotatable bonds is 6. The minimum Gasteiger partial charge on any atom is -0.435 e. The van der Waals surface area contributed by atoms with Crippen molar-refractivity contribution in [2.24, 2.45) is 7.05 Å². The van der Waals surface area contributed by atoms with Crippen LogP contribution in [-0.2, 0) is 13.6 Å². The van der Waals surface area contributed by atoms with Crippen LogP contribution in [0.3, 0.4) is 0 Å². The summed E-state index contributed by atoms with van der Waals surface area (Å²) < 4.78 is 30.3. The van der Waals surface area contributed by atoms with E-state index in [0.717, 1.165) is 11.3 Å². The Labute approximate surface area is 148 Å². The van der Waals surface area contributed by atoms with Gasteiger partial charge in [0.1, 0.15) is 11.4 Å². The van der Waals surface area contributed by atoms with E-state index in [1.165, 1.54) is 12.1 Å². The SMILES string of the molecule is Cc1nn(C)cc1CNC(=O)c1cc(-c2ccc(OC(F)F)cc2)n[nH]1. The molecule has 2 heterocycles. The standard InChI is InChI=1S/C17H17F2N5O2/c1-10-12(9-24(2)23-10)8-20-16(25)15-7-14(21-22-15)11-3-5-13(6-4-11)26-17(18)19/h3-7,9,17H,8H2,1-2H3,(H,20,25)(H,21,22). The molecule has 136 valence electrons. The average Bonchev–Trinajstić information content (AvgIpc) is 3.19. The summed E-state index contributed by atoms with van der Waals surface area (Å²) in [6.45, 7) is -0.644. The molecule has 0 atom stereocenters. The van der Waals surface area contributed by atoms with Crippen LogP contribution in [0, 0.1) is 6.92 Å². The lowest BCUT2D eigenvalue weighted by Crippen LogP contribution is -2.23. The molecule has 1 aromatic carbocycles. The largest absolute Gasteiger partial charge is 0.435 e. The number of carbonyl (C=O) groups is 1. The molecule has 0 aliphatic rings. The summed E-state index contributed by atoms with van der Waals surface area (Å²) in [4.78, 5) is 12.2. The normalized spacial score (nSPS) is 11.0. The van der Waals surface area contributed by atoms with E-state index >= 15 is 0 Å². The third-order valence-corrected chi connectivity index (χ3v) is 3.75. The zero-order chi connectivity index (χ0) is 18.7. The first-order valence-corrected chi connectivity index (χ1v) is 7.80. The fraction of sp³-hybridized carbons (Fsp3) is 0.235. The predicted octanol–water partition coefficient (Wildman–Crippen LogP) is 2.65. The lowest BCUT2D eigenvalue weighted by molar-refractivity contribution is -0.0498. The third kappa shape index (κ3) is 4.05. The fourth-order valence-corrected chi connectivity index (χ4v) is 2.49. The Balaban J connectivity index is 1.65. The minimum atomic E-state index is -2.87. The van der Waals surface area contributed by atoms with Gasteiger partial charge in [-0.05, 0) is 37.3 Å². The van der Waals surface area contributed by atoms with Crippen LogP contribution in [0.1, 0.15) is 21.7 Å². The van der Waals surface area contributed by atoms with Crippen LogP contribution in [-0.4, -0.2) is 32.5 Å². The van der Waals surface area contributed by atoms with Crippen molar-refractivity contribution in [3.63, 3.8) is 0 Å². The van der Waals surface area contributed by atoms with Gasteiger partial charge in [0, 0.05) is 30.9 Å². The summed E-state index contributed by atoms with van der Waals surface area (Å²) in [5, 5.41) is 13.8. The second-order valence-electron chi connectivity index (χ2n) is 5.67. The number of nitrogens with one attached hydrogen (secondary N) is 2. The van der Waals surface area contributed by atoms with Gasteiger partial charge in [-0.25, -0.2) is 0 Å². The van der Waals surface area contributed by atoms with E-state index in [2.05, 4.69) is 25.3 Å². The molecule has 0 unspecified atom stereocenters. The van der Waals surface area contributed by atoms with E-state index in [4.69, 9.17) is 0 Å². The summed E-state index contributed by atoms with van der Waals surface area (Å²) in [6.07, 6.45) is 1.84. The van der Waals surface area contributed by atoms with Crippen molar-refractivity contribution in [1.29, 1.82) is 0 Å². The molecule has 0 fully saturated rings. The van der Waals surface area contributed by atoms with Gasteiger partial charge in [0.05, 0.1) is 11.4 Å². The molecule has 7 nitrogen and oxygen atoms in total. The number of amides is 1. The number of aromatic amines is 1. The average molecular weight is 361 g/mol. The maximum atomic E-state index is 12.2. The molecule has 0 aliphatic heterocycles. The van der Waals surface area contributed by atoms with Crippen molar-refractivity contribution in [3.05, 3.63) is 53.5 Å². The maximum absolute atomic E-state index is 12.2. The van der Waals surface area contributed by atoms with E-state index in [-0.39, 0.29) is 11.7 Å². The van der Waals surface area contributed by atoms with Gasteiger partial charge in [0.25, 0.3) is 5.91 Å². The quantitative estimate of drug-likeness (QED) is 0.707. The fourth-order valence-electron chi connectivity index (χ4n) is 2.49. The van der Waals surface area contributed by atoms with Crippen molar-refractivity contribution >= 4 is 5.91 Å². The number of ether oxygens (including phenoxy) is 1. The van der Waals surface area contributed by atoms with Crippen LogP contribution in [0.25, 0.3) is 11.3 Å². The predicted molar refractivity (Wildman–Crippen MR) is 89.8 cm³/mol. The van der Waals surface area contributed by atoms with Crippen LogP contribution in [0.4, 0.5) is 8.78 Å². The Hall–Kier alpha value is -3.23. The molecule has 9 heteroatoms. The summed E-state index contributed by atoms with van der Waals surface area (Å²) in [5.41, 5.74) is 3.27. The summed E-state index contributed by atoms with van der Waals surface area (Å²) in [6, 6.07) is 7.61. The Morgan fingerprint density at radius 2 is 2.08 bits per heavy atom. The van der Waals surface area contributed by atoms with E-state index in [1.54, 1.807) is 22.9 Å². The molecule has 2 aromatic heterocycles. The van der Waals surface area contributed by atoms with E-state index < -0.39 is 6.61 Å². The maximum Gasteiger partial charge on any atom is 0.387 e. The molecule has 0 aliphatic carbocycles. The second kappa shape index (κ2) is 7.34. The molecule has 0 bridgehead atoms. The summed E-state index contributed by atoms with van der Waals surface area (Å²) in [7, 11) is 1.82. The first-order chi connectivity index (χ1) is 12.4. The molecule has 0 saturated carbocycles. The molecule has 0 spiro atoms. The number of H-pyrrole nitrogens is 1. The van der Waals surface area contributed by atoms with Gasteiger partial charge in [0.2, 0.25) is 0 Å². The van der Waals surface area contributed by atoms with Crippen LogP contribution < -0.4 is 10.1 Å². The Morgan fingerprint density at radius 1 is 1.35 bits per heavy atom. The Kier molecular flexibility index (Phi) is 4.97. The van der Waals surface area contributed by atoms with Gasteiger partial charge in [-0.15, -0.1) is 0 Å². The summed E-state index contributed by atoms with van der Waals surface area (Å²) >= 11 is 0. The molecular formula is C17H17F2N5O2. The molecular weight excluding hydrogens is 344 g/mol. The number of hydrogen-bond donors (Lipinski definition) is 2. The first-order valence-electron chi connectivity index (χ1n) is 7.80. The van der Waals surface area contributed by atoms with Gasteiger partial charge < -0.3 is 10.1 Å². The first kappa shape index (κ1) is 17.6. The lowest BCUT2D eigenvalue weighted by Gasteiger charge is -2.04. The van der Waals surface area contributed by atoms with Crippen LogP contribution in [0.2, 0.25) is 0 Å². The van der Waals surface area contributed by atoms with Gasteiger partial charge in [-0.2, -0.15) is 19.0 Å². The highest BCUT2D eigenvalue weighted by molar-refractivity contribution is 5.93. The van der Waals surface area contributed by atoms with Crippen molar-refractivity contribution in [2.75, 3.05) is 0 Å². The van der Waals surface area contributed by atoms with Gasteiger partial charge in [-0.1, -0.05) is 0 Å².